The third-order valence-corrected chi connectivity index (χ3v) is 3.77. The van der Waals surface area contributed by atoms with Crippen LogP contribution in [0.4, 0.5) is 5.69 Å². The lowest BCUT2D eigenvalue weighted by atomic mass is 10.1. The largest absolute Gasteiger partial charge is 0.459 e. The van der Waals surface area contributed by atoms with Crippen LogP contribution in [0.2, 0.25) is 5.02 Å². The predicted octanol–water partition coefficient (Wildman–Crippen LogP) is 4.65. The van der Waals surface area contributed by atoms with Crippen molar-refractivity contribution in [3.05, 3.63) is 88.8 Å². The van der Waals surface area contributed by atoms with E-state index >= 15 is 0 Å². The number of furan rings is 1. The van der Waals surface area contributed by atoms with Crippen molar-refractivity contribution in [2.45, 2.75) is 6.54 Å². The molecule has 2 aromatic carbocycles. The first-order chi connectivity index (χ1) is 11.7. The third kappa shape index (κ3) is 3.32. The standard InChI is InChI=1S/C19H13ClN2O2/c20-16-9-8-15(12-21)17(11-16)22(13-14-5-2-1-3-6-14)19(23)18-7-4-10-24-18/h1-11H,13H2. The second-order valence-electron chi connectivity index (χ2n) is 5.13. The molecule has 1 aromatic heterocycles. The highest BCUT2D eigenvalue weighted by atomic mass is 35.5. The van der Waals surface area contributed by atoms with Crippen LogP contribution in [0, 0.1) is 11.3 Å². The zero-order valence-electron chi connectivity index (χ0n) is 12.6. The fourth-order valence-electron chi connectivity index (χ4n) is 2.39. The van der Waals surface area contributed by atoms with Crippen LogP contribution in [0.5, 0.6) is 0 Å². The molecule has 24 heavy (non-hydrogen) atoms. The molecule has 0 bridgehead atoms. The van der Waals surface area contributed by atoms with Crippen molar-refractivity contribution in [1.29, 1.82) is 5.26 Å². The van der Waals surface area contributed by atoms with E-state index in [9.17, 15) is 10.1 Å². The first-order valence-electron chi connectivity index (χ1n) is 7.28. The topological polar surface area (TPSA) is 57.2 Å². The Morgan fingerprint density at radius 3 is 2.58 bits per heavy atom. The molecule has 0 saturated heterocycles. The van der Waals surface area contributed by atoms with Gasteiger partial charge in [-0.25, -0.2) is 0 Å². The summed E-state index contributed by atoms with van der Waals surface area (Å²) >= 11 is 6.08. The monoisotopic (exact) mass is 336 g/mol. The number of nitriles is 1. The lowest BCUT2D eigenvalue weighted by molar-refractivity contribution is 0.0958. The van der Waals surface area contributed by atoms with Crippen LogP contribution in [0.1, 0.15) is 21.7 Å². The maximum Gasteiger partial charge on any atom is 0.294 e. The highest BCUT2D eigenvalue weighted by Crippen LogP contribution is 2.27. The molecule has 0 unspecified atom stereocenters. The van der Waals surface area contributed by atoms with Gasteiger partial charge < -0.3 is 4.42 Å². The van der Waals surface area contributed by atoms with Crippen LogP contribution in [0.3, 0.4) is 0 Å². The molecule has 3 rings (SSSR count). The minimum absolute atomic E-state index is 0.204. The Morgan fingerprint density at radius 1 is 1.12 bits per heavy atom. The van der Waals surface area contributed by atoms with Crippen LogP contribution < -0.4 is 4.90 Å². The maximum atomic E-state index is 12.9. The molecule has 0 aliphatic heterocycles. The van der Waals surface area contributed by atoms with Crippen LogP contribution in [-0.2, 0) is 6.54 Å². The Labute approximate surface area is 144 Å². The van der Waals surface area contributed by atoms with E-state index in [0.717, 1.165) is 5.56 Å². The average molecular weight is 337 g/mol. The third-order valence-electron chi connectivity index (χ3n) is 3.53. The van der Waals surface area contributed by atoms with Gasteiger partial charge in [-0.3, -0.25) is 9.69 Å². The number of nitrogens with zero attached hydrogens (tertiary/aromatic N) is 2. The molecule has 0 radical (unpaired) electrons. The quantitative estimate of drug-likeness (QED) is 0.696. The van der Waals surface area contributed by atoms with Gasteiger partial charge in [0, 0.05) is 5.02 Å². The highest BCUT2D eigenvalue weighted by molar-refractivity contribution is 6.31. The molecule has 1 amide bonds. The molecule has 0 fully saturated rings. The van der Waals surface area contributed by atoms with Gasteiger partial charge in [0.15, 0.2) is 5.76 Å². The van der Waals surface area contributed by atoms with Crippen molar-refractivity contribution in [3.8, 4) is 6.07 Å². The fraction of sp³-hybridized carbons (Fsp3) is 0.0526. The summed E-state index contributed by atoms with van der Waals surface area (Å²) in [6, 6.07) is 19.7. The van der Waals surface area contributed by atoms with Crippen molar-refractivity contribution < 1.29 is 9.21 Å². The molecule has 3 aromatic rings. The van der Waals surface area contributed by atoms with Crippen molar-refractivity contribution in [2.24, 2.45) is 0 Å². The molecule has 4 nitrogen and oxygen atoms in total. The number of anilines is 1. The second-order valence-corrected chi connectivity index (χ2v) is 5.56. The number of benzene rings is 2. The predicted molar refractivity (Wildman–Crippen MR) is 91.8 cm³/mol. The summed E-state index contributed by atoms with van der Waals surface area (Å²) in [7, 11) is 0. The zero-order chi connectivity index (χ0) is 16.9. The van der Waals surface area contributed by atoms with Gasteiger partial charge in [0.2, 0.25) is 0 Å². The summed E-state index contributed by atoms with van der Waals surface area (Å²) in [4.78, 5) is 14.4. The lowest BCUT2D eigenvalue weighted by Gasteiger charge is -2.23. The van der Waals surface area contributed by atoms with Crippen LogP contribution in [0.25, 0.3) is 0 Å². The zero-order valence-corrected chi connectivity index (χ0v) is 13.4. The molecule has 0 spiro atoms. The second kappa shape index (κ2) is 7.03. The molecule has 0 N–H and O–H groups in total. The summed E-state index contributed by atoms with van der Waals surface area (Å²) in [6.07, 6.45) is 1.44. The molecule has 0 atom stereocenters. The van der Waals surface area contributed by atoms with E-state index in [0.29, 0.717) is 22.8 Å². The van der Waals surface area contributed by atoms with Gasteiger partial charge in [0.25, 0.3) is 5.91 Å². The van der Waals surface area contributed by atoms with Gasteiger partial charge in [0.1, 0.15) is 6.07 Å². The van der Waals surface area contributed by atoms with Crippen molar-refractivity contribution in [3.63, 3.8) is 0 Å². The molecule has 0 saturated carbocycles. The number of halogens is 1. The summed E-state index contributed by atoms with van der Waals surface area (Å²) in [6.45, 7) is 0.301. The van der Waals surface area contributed by atoms with E-state index in [1.165, 1.54) is 11.2 Å². The van der Waals surface area contributed by atoms with Crippen LogP contribution >= 0.6 is 11.6 Å². The lowest BCUT2D eigenvalue weighted by Crippen LogP contribution is -2.30. The first-order valence-corrected chi connectivity index (χ1v) is 7.66. The molecular weight excluding hydrogens is 324 g/mol. The summed E-state index contributed by atoms with van der Waals surface area (Å²) in [5.41, 5.74) is 1.76. The normalized spacial score (nSPS) is 10.2. The van der Waals surface area contributed by atoms with Gasteiger partial charge >= 0.3 is 0 Å². The van der Waals surface area contributed by atoms with E-state index < -0.39 is 0 Å². The average Bonchev–Trinajstić information content (AvgIpc) is 3.14. The minimum atomic E-state index is -0.331. The number of carbonyl (C=O) groups excluding carboxylic acids is 1. The molecule has 5 heteroatoms. The summed E-state index contributed by atoms with van der Waals surface area (Å²) < 4.78 is 5.23. The number of rotatable bonds is 4. The van der Waals surface area contributed by atoms with Gasteiger partial charge in [-0.15, -0.1) is 0 Å². The van der Waals surface area contributed by atoms with Gasteiger partial charge in [-0.05, 0) is 35.9 Å². The summed E-state index contributed by atoms with van der Waals surface area (Å²) in [5.74, 6) is -0.127. The van der Waals surface area contributed by atoms with Crippen LogP contribution in [-0.4, -0.2) is 5.91 Å². The first kappa shape index (κ1) is 15.9. The van der Waals surface area contributed by atoms with Crippen molar-refractivity contribution in [2.75, 3.05) is 4.90 Å². The van der Waals surface area contributed by atoms with E-state index in [1.54, 1.807) is 30.3 Å². The Morgan fingerprint density at radius 2 is 1.92 bits per heavy atom. The molecule has 0 aliphatic carbocycles. The Hall–Kier alpha value is -3.03. The van der Waals surface area contributed by atoms with Gasteiger partial charge in [0.05, 0.1) is 24.1 Å². The maximum absolute atomic E-state index is 12.9. The fourth-order valence-corrected chi connectivity index (χ4v) is 2.55. The molecule has 118 valence electrons. The molecular formula is C19H13ClN2O2. The SMILES string of the molecule is N#Cc1ccc(Cl)cc1N(Cc1ccccc1)C(=O)c1ccco1. The molecule has 1 heterocycles. The van der Waals surface area contributed by atoms with E-state index in [4.69, 9.17) is 16.0 Å². The number of hydrogen-bond donors (Lipinski definition) is 0. The number of hydrogen-bond acceptors (Lipinski definition) is 3. The summed E-state index contributed by atoms with van der Waals surface area (Å²) in [5, 5.41) is 9.84. The van der Waals surface area contributed by atoms with Crippen molar-refractivity contribution >= 4 is 23.2 Å². The molecule has 0 aliphatic rings. The van der Waals surface area contributed by atoms with E-state index in [1.807, 2.05) is 30.3 Å². The van der Waals surface area contributed by atoms with E-state index in [-0.39, 0.29) is 11.7 Å². The highest BCUT2D eigenvalue weighted by Gasteiger charge is 2.23. The van der Waals surface area contributed by atoms with E-state index in [2.05, 4.69) is 6.07 Å². The Bertz CT molecular complexity index is 883. The van der Waals surface area contributed by atoms with Gasteiger partial charge in [-0.1, -0.05) is 41.9 Å². The van der Waals surface area contributed by atoms with Gasteiger partial charge in [-0.2, -0.15) is 5.26 Å². The Balaban J connectivity index is 2.07. The number of amides is 1. The van der Waals surface area contributed by atoms with Crippen LogP contribution in [0.15, 0.2) is 71.3 Å². The smallest absolute Gasteiger partial charge is 0.294 e. The number of carbonyl (C=O) groups is 1. The van der Waals surface area contributed by atoms with Crippen molar-refractivity contribution in [1.82, 2.24) is 0 Å². The Kier molecular flexibility index (Phi) is 4.64. The minimum Gasteiger partial charge on any atom is -0.459 e.